The van der Waals surface area contributed by atoms with Crippen molar-refractivity contribution in [3.8, 4) is 0 Å². The van der Waals surface area contributed by atoms with Crippen LogP contribution >= 0.6 is 0 Å². The number of carbonyl (C=O) groups is 1. The highest BCUT2D eigenvalue weighted by atomic mass is 16.5. The number of hydrogen-bond donors (Lipinski definition) is 2. The molecule has 8 nitrogen and oxygen atoms in total. The molecule has 0 unspecified atom stereocenters. The van der Waals surface area contributed by atoms with Crippen LogP contribution in [0.1, 0.15) is 63.2 Å². The standard InChI is InChI=1S/C17H28N4O4/c1-11(2)15-20-16(25-21-15)14(12-5-8-23-9-6-12)19-17(22)18-10-13-4-3-7-24-13/h11-14H,3-10H2,1-2H3,(H2,18,19,22)/t13-,14-/m1/s1. The van der Waals surface area contributed by atoms with Crippen molar-refractivity contribution in [1.82, 2.24) is 20.8 Å². The van der Waals surface area contributed by atoms with Crippen molar-refractivity contribution < 1.29 is 18.8 Å². The Morgan fingerprint density at radius 1 is 1.24 bits per heavy atom. The minimum absolute atomic E-state index is 0.114. The van der Waals surface area contributed by atoms with E-state index in [1.807, 2.05) is 13.8 Å². The highest BCUT2D eigenvalue weighted by Gasteiger charge is 2.32. The first-order valence-electron chi connectivity index (χ1n) is 9.20. The topological polar surface area (TPSA) is 98.5 Å². The molecule has 1 aromatic rings. The maximum absolute atomic E-state index is 12.4. The molecule has 2 aliphatic rings. The summed E-state index contributed by atoms with van der Waals surface area (Å²) in [4.78, 5) is 16.9. The molecule has 0 spiro atoms. The van der Waals surface area contributed by atoms with Gasteiger partial charge in [0.15, 0.2) is 5.82 Å². The van der Waals surface area contributed by atoms with Crippen molar-refractivity contribution in [2.75, 3.05) is 26.4 Å². The first-order valence-corrected chi connectivity index (χ1v) is 9.20. The van der Waals surface area contributed by atoms with Crippen LogP contribution in [0.15, 0.2) is 4.52 Å². The highest BCUT2D eigenvalue weighted by molar-refractivity contribution is 5.74. The summed E-state index contributed by atoms with van der Waals surface area (Å²) in [7, 11) is 0. The molecule has 0 radical (unpaired) electrons. The van der Waals surface area contributed by atoms with Crippen LogP contribution in [0.25, 0.3) is 0 Å². The molecule has 0 saturated carbocycles. The van der Waals surface area contributed by atoms with Gasteiger partial charge < -0.3 is 24.6 Å². The van der Waals surface area contributed by atoms with Crippen LogP contribution in [0.5, 0.6) is 0 Å². The van der Waals surface area contributed by atoms with Gasteiger partial charge in [-0.25, -0.2) is 4.79 Å². The summed E-state index contributed by atoms with van der Waals surface area (Å²) in [6.45, 7) is 6.70. The van der Waals surface area contributed by atoms with E-state index in [2.05, 4.69) is 20.8 Å². The average molecular weight is 352 g/mol. The van der Waals surface area contributed by atoms with Crippen molar-refractivity contribution in [3.63, 3.8) is 0 Å². The Morgan fingerprint density at radius 2 is 2.04 bits per heavy atom. The van der Waals surface area contributed by atoms with E-state index in [1.165, 1.54) is 0 Å². The molecule has 2 aliphatic heterocycles. The highest BCUT2D eigenvalue weighted by Crippen LogP contribution is 2.29. The van der Waals surface area contributed by atoms with Crippen LogP contribution in [-0.2, 0) is 9.47 Å². The molecular formula is C17H28N4O4. The lowest BCUT2D eigenvalue weighted by Gasteiger charge is -2.28. The van der Waals surface area contributed by atoms with E-state index in [-0.39, 0.29) is 30.0 Å². The van der Waals surface area contributed by atoms with E-state index in [0.717, 1.165) is 32.3 Å². The van der Waals surface area contributed by atoms with Gasteiger partial charge in [0, 0.05) is 32.3 Å². The Labute approximate surface area is 148 Å². The summed E-state index contributed by atoms with van der Waals surface area (Å²) in [6.07, 6.45) is 3.87. The molecule has 8 heteroatoms. The third-order valence-electron chi connectivity index (χ3n) is 4.78. The largest absolute Gasteiger partial charge is 0.381 e. The number of aromatic nitrogens is 2. The van der Waals surface area contributed by atoms with Crippen LogP contribution in [0.2, 0.25) is 0 Å². The van der Waals surface area contributed by atoms with Crippen LogP contribution < -0.4 is 10.6 Å². The predicted molar refractivity (Wildman–Crippen MR) is 90.2 cm³/mol. The summed E-state index contributed by atoms with van der Waals surface area (Å²) < 4.78 is 16.4. The predicted octanol–water partition coefficient (Wildman–Crippen LogP) is 2.14. The van der Waals surface area contributed by atoms with Crippen molar-refractivity contribution >= 4 is 6.03 Å². The SMILES string of the molecule is CC(C)c1noc([C@H](NC(=O)NC[C@H]2CCCO2)C2CCOCC2)n1. The monoisotopic (exact) mass is 352 g/mol. The van der Waals surface area contributed by atoms with Gasteiger partial charge in [-0.2, -0.15) is 4.98 Å². The molecular weight excluding hydrogens is 324 g/mol. The minimum atomic E-state index is -0.298. The summed E-state index contributed by atoms with van der Waals surface area (Å²) in [5, 5.41) is 9.96. The Morgan fingerprint density at radius 3 is 2.68 bits per heavy atom. The van der Waals surface area contributed by atoms with E-state index < -0.39 is 0 Å². The Hall–Kier alpha value is -1.67. The lowest BCUT2D eigenvalue weighted by molar-refractivity contribution is 0.0501. The Kier molecular flexibility index (Phi) is 6.25. The minimum Gasteiger partial charge on any atom is -0.381 e. The van der Waals surface area contributed by atoms with Gasteiger partial charge in [0.25, 0.3) is 0 Å². The van der Waals surface area contributed by atoms with Crippen LogP contribution in [-0.4, -0.2) is 48.6 Å². The van der Waals surface area contributed by atoms with E-state index >= 15 is 0 Å². The van der Waals surface area contributed by atoms with Gasteiger partial charge in [0.1, 0.15) is 6.04 Å². The van der Waals surface area contributed by atoms with E-state index in [0.29, 0.717) is 31.5 Å². The second-order valence-corrected chi connectivity index (χ2v) is 7.06. The molecule has 2 fully saturated rings. The van der Waals surface area contributed by atoms with Gasteiger partial charge in [-0.1, -0.05) is 19.0 Å². The van der Waals surface area contributed by atoms with Crippen molar-refractivity contribution in [2.45, 2.75) is 57.6 Å². The zero-order valence-electron chi connectivity index (χ0n) is 15.0. The maximum atomic E-state index is 12.4. The molecule has 3 heterocycles. The molecule has 2 amide bonds. The third-order valence-corrected chi connectivity index (χ3v) is 4.78. The second kappa shape index (κ2) is 8.62. The maximum Gasteiger partial charge on any atom is 0.315 e. The molecule has 0 aromatic carbocycles. The fraction of sp³-hybridized carbons (Fsp3) is 0.824. The number of amides is 2. The first-order chi connectivity index (χ1) is 12.1. The van der Waals surface area contributed by atoms with E-state index in [4.69, 9.17) is 14.0 Å². The molecule has 1 aromatic heterocycles. The van der Waals surface area contributed by atoms with E-state index in [1.54, 1.807) is 0 Å². The van der Waals surface area contributed by atoms with Crippen molar-refractivity contribution in [2.24, 2.45) is 5.92 Å². The number of hydrogen-bond acceptors (Lipinski definition) is 6. The summed E-state index contributed by atoms with van der Waals surface area (Å²) >= 11 is 0. The smallest absolute Gasteiger partial charge is 0.315 e. The molecule has 140 valence electrons. The molecule has 0 bridgehead atoms. The number of nitrogens with one attached hydrogen (secondary N) is 2. The van der Waals surface area contributed by atoms with Crippen molar-refractivity contribution in [1.29, 1.82) is 0 Å². The third kappa shape index (κ3) is 4.92. The molecule has 25 heavy (non-hydrogen) atoms. The lowest BCUT2D eigenvalue weighted by Crippen LogP contribution is -2.44. The first kappa shape index (κ1) is 18.1. The number of rotatable bonds is 6. The number of nitrogens with zero attached hydrogens (tertiary/aromatic N) is 2. The fourth-order valence-corrected chi connectivity index (χ4v) is 3.24. The molecule has 3 rings (SSSR count). The number of urea groups is 1. The van der Waals surface area contributed by atoms with Gasteiger partial charge in [-0.3, -0.25) is 0 Å². The van der Waals surface area contributed by atoms with Crippen molar-refractivity contribution in [3.05, 3.63) is 11.7 Å². The fourth-order valence-electron chi connectivity index (χ4n) is 3.24. The molecule has 2 saturated heterocycles. The van der Waals surface area contributed by atoms with Crippen LogP contribution in [0, 0.1) is 5.92 Å². The van der Waals surface area contributed by atoms with E-state index in [9.17, 15) is 4.79 Å². The summed E-state index contributed by atoms with van der Waals surface area (Å²) in [5.41, 5.74) is 0. The van der Waals surface area contributed by atoms with Gasteiger partial charge >= 0.3 is 6.03 Å². The van der Waals surface area contributed by atoms with Gasteiger partial charge in [0.05, 0.1) is 6.10 Å². The number of ether oxygens (including phenoxy) is 2. The number of carbonyl (C=O) groups excluding carboxylic acids is 1. The van der Waals surface area contributed by atoms with Gasteiger partial charge in [-0.05, 0) is 31.6 Å². The zero-order valence-corrected chi connectivity index (χ0v) is 15.0. The summed E-state index contributed by atoms with van der Waals surface area (Å²) in [5.74, 6) is 1.54. The average Bonchev–Trinajstić information content (AvgIpc) is 3.30. The second-order valence-electron chi connectivity index (χ2n) is 7.06. The molecule has 0 aliphatic carbocycles. The van der Waals surface area contributed by atoms with Gasteiger partial charge in [-0.15, -0.1) is 0 Å². The zero-order chi connectivity index (χ0) is 17.6. The quantitative estimate of drug-likeness (QED) is 0.814. The normalized spacial score (nSPS) is 22.9. The van der Waals surface area contributed by atoms with Crippen LogP contribution in [0.3, 0.4) is 0 Å². The lowest BCUT2D eigenvalue weighted by atomic mass is 9.91. The summed E-state index contributed by atoms with van der Waals surface area (Å²) in [6, 6.07) is -0.523. The molecule has 2 N–H and O–H groups in total. The Balaban J connectivity index is 1.63. The van der Waals surface area contributed by atoms with Gasteiger partial charge in [0.2, 0.25) is 5.89 Å². The van der Waals surface area contributed by atoms with Crippen LogP contribution in [0.4, 0.5) is 4.79 Å². The molecule has 2 atom stereocenters. The Bertz CT molecular complexity index is 551.